The molecule has 4 aromatic carbocycles. The Bertz CT molecular complexity index is 1600. The molecule has 0 spiro atoms. The lowest BCUT2D eigenvalue weighted by Gasteiger charge is -2.34. The van der Waals surface area contributed by atoms with Gasteiger partial charge in [0.15, 0.2) is 0 Å². The molecule has 0 fully saturated rings. The van der Waals surface area contributed by atoms with Crippen molar-refractivity contribution in [2.24, 2.45) is 0 Å². The molecule has 0 bridgehead atoms. The van der Waals surface area contributed by atoms with Crippen LogP contribution in [0.25, 0.3) is 0 Å². The number of carbonyl (C=O) groups excluding carboxylic acids is 2. The summed E-state index contributed by atoms with van der Waals surface area (Å²) in [6.45, 7) is 3.95. The number of nitrogens with one attached hydrogen (secondary N) is 1. The number of aryl methyl sites for hydroxylation is 1. The van der Waals surface area contributed by atoms with Gasteiger partial charge in [0.05, 0.1) is 10.6 Å². The van der Waals surface area contributed by atoms with Gasteiger partial charge in [-0.25, -0.2) is 8.42 Å². The van der Waals surface area contributed by atoms with E-state index in [-0.39, 0.29) is 23.8 Å². The lowest BCUT2D eigenvalue weighted by Crippen LogP contribution is -2.53. The minimum atomic E-state index is -4.13. The van der Waals surface area contributed by atoms with Gasteiger partial charge in [-0.3, -0.25) is 13.9 Å². The van der Waals surface area contributed by atoms with Crippen LogP contribution in [-0.2, 0) is 32.6 Å². The van der Waals surface area contributed by atoms with Gasteiger partial charge in [0.2, 0.25) is 11.8 Å². The van der Waals surface area contributed by atoms with E-state index in [1.54, 1.807) is 48.5 Å². The molecule has 224 valence electrons. The zero-order valence-corrected chi connectivity index (χ0v) is 26.7. The zero-order chi connectivity index (χ0) is 30.8. The van der Waals surface area contributed by atoms with Gasteiger partial charge in [-0.2, -0.15) is 0 Å². The van der Waals surface area contributed by atoms with Crippen molar-refractivity contribution in [3.05, 3.63) is 130 Å². The van der Waals surface area contributed by atoms with E-state index in [1.807, 2.05) is 74.5 Å². The molecule has 0 aliphatic rings. The van der Waals surface area contributed by atoms with Crippen molar-refractivity contribution in [2.75, 3.05) is 17.4 Å². The molecule has 0 saturated heterocycles. The molecular weight excluding hydrogens is 626 g/mol. The summed E-state index contributed by atoms with van der Waals surface area (Å²) in [5.74, 6) is -0.776. The fraction of sp³-hybridized carbons (Fsp3) is 0.235. The minimum Gasteiger partial charge on any atom is -0.354 e. The number of anilines is 1. The number of benzene rings is 4. The summed E-state index contributed by atoms with van der Waals surface area (Å²) in [4.78, 5) is 29.6. The van der Waals surface area contributed by atoms with E-state index in [2.05, 4.69) is 21.2 Å². The average Bonchev–Trinajstić information content (AvgIpc) is 3.02. The number of amides is 2. The zero-order valence-electron chi connectivity index (χ0n) is 24.3. The van der Waals surface area contributed by atoms with E-state index in [4.69, 9.17) is 0 Å². The highest BCUT2D eigenvalue weighted by Crippen LogP contribution is 2.27. The molecule has 0 aromatic heterocycles. The molecule has 0 heterocycles. The van der Waals surface area contributed by atoms with E-state index < -0.39 is 28.5 Å². The SMILES string of the molecule is CCCNC(=O)C(Cc1ccccc1)N(Cc1ccccc1)C(=O)CN(c1ccc(Br)cc1)S(=O)(=O)c1ccc(C)cc1. The summed E-state index contributed by atoms with van der Waals surface area (Å²) in [5, 5.41) is 2.96. The Morgan fingerprint density at radius 2 is 1.40 bits per heavy atom. The second-order valence-electron chi connectivity index (χ2n) is 10.3. The van der Waals surface area contributed by atoms with E-state index in [0.717, 1.165) is 31.9 Å². The standard InChI is InChI=1S/C34H36BrN3O4S/c1-3-22-36-34(40)32(23-27-10-6-4-7-11-27)37(24-28-12-8-5-9-13-28)33(39)25-38(30-18-16-29(35)17-19-30)43(41,42)31-20-14-26(2)15-21-31/h4-21,32H,3,22-25H2,1-2H3,(H,36,40). The van der Waals surface area contributed by atoms with Gasteiger partial charge in [-0.15, -0.1) is 0 Å². The molecule has 0 radical (unpaired) electrons. The van der Waals surface area contributed by atoms with Crippen LogP contribution in [0.5, 0.6) is 0 Å². The summed E-state index contributed by atoms with van der Waals surface area (Å²) in [7, 11) is -4.13. The number of rotatable bonds is 13. The number of sulfonamides is 1. The van der Waals surface area contributed by atoms with E-state index in [9.17, 15) is 18.0 Å². The van der Waals surface area contributed by atoms with Crippen LogP contribution in [0.3, 0.4) is 0 Å². The van der Waals surface area contributed by atoms with Gasteiger partial charge in [0.1, 0.15) is 12.6 Å². The van der Waals surface area contributed by atoms with E-state index in [1.165, 1.54) is 4.90 Å². The summed E-state index contributed by atoms with van der Waals surface area (Å²) < 4.78 is 30.0. The molecule has 0 aliphatic carbocycles. The number of halogens is 1. The third kappa shape index (κ3) is 8.55. The Morgan fingerprint density at radius 1 is 0.814 bits per heavy atom. The first kappa shape index (κ1) is 32.0. The van der Waals surface area contributed by atoms with E-state index >= 15 is 0 Å². The highest BCUT2D eigenvalue weighted by Gasteiger charge is 2.34. The first-order valence-electron chi connectivity index (χ1n) is 14.2. The van der Waals surface area contributed by atoms with Crippen molar-refractivity contribution < 1.29 is 18.0 Å². The van der Waals surface area contributed by atoms with Crippen LogP contribution < -0.4 is 9.62 Å². The smallest absolute Gasteiger partial charge is 0.264 e. The van der Waals surface area contributed by atoms with Crippen LogP contribution >= 0.6 is 15.9 Å². The highest BCUT2D eigenvalue weighted by atomic mass is 79.9. The molecule has 1 atom stereocenters. The lowest BCUT2D eigenvalue weighted by atomic mass is 10.0. The second kappa shape index (κ2) is 15.0. The number of nitrogens with zero attached hydrogens (tertiary/aromatic N) is 2. The lowest BCUT2D eigenvalue weighted by molar-refractivity contribution is -0.140. The first-order chi connectivity index (χ1) is 20.7. The summed E-state index contributed by atoms with van der Waals surface area (Å²) >= 11 is 3.41. The van der Waals surface area contributed by atoms with Crippen molar-refractivity contribution in [1.82, 2.24) is 10.2 Å². The molecule has 1 unspecified atom stereocenters. The monoisotopic (exact) mass is 661 g/mol. The quantitative estimate of drug-likeness (QED) is 0.187. The van der Waals surface area contributed by atoms with E-state index in [0.29, 0.717) is 12.2 Å². The predicted molar refractivity (Wildman–Crippen MR) is 174 cm³/mol. The van der Waals surface area contributed by atoms with Crippen molar-refractivity contribution in [2.45, 2.75) is 44.2 Å². The van der Waals surface area contributed by atoms with Gasteiger partial charge in [0, 0.05) is 24.0 Å². The van der Waals surface area contributed by atoms with Crippen molar-refractivity contribution in [3.8, 4) is 0 Å². The maximum atomic E-state index is 14.4. The van der Waals surface area contributed by atoms with Crippen LogP contribution in [-0.4, -0.2) is 44.3 Å². The molecule has 7 nitrogen and oxygen atoms in total. The van der Waals surface area contributed by atoms with Crippen molar-refractivity contribution in [1.29, 1.82) is 0 Å². The molecule has 9 heteroatoms. The van der Waals surface area contributed by atoms with Crippen molar-refractivity contribution in [3.63, 3.8) is 0 Å². The Labute approximate surface area is 262 Å². The van der Waals surface area contributed by atoms with Crippen LogP contribution in [0, 0.1) is 6.92 Å². The Hall–Kier alpha value is -3.95. The fourth-order valence-corrected chi connectivity index (χ4v) is 6.35. The van der Waals surface area contributed by atoms with Gasteiger partial charge >= 0.3 is 0 Å². The number of carbonyl (C=O) groups is 2. The molecule has 4 aromatic rings. The summed E-state index contributed by atoms with van der Waals surface area (Å²) in [6.07, 6.45) is 1.01. The molecular formula is C34H36BrN3O4S. The molecule has 0 aliphatic heterocycles. The number of hydrogen-bond donors (Lipinski definition) is 1. The van der Waals surface area contributed by atoms with Crippen molar-refractivity contribution >= 4 is 43.5 Å². The summed E-state index contributed by atoms with van der Waals surface area (Å²) in [5.41, 5.74) is 2.98. The third-order valence-electron chi connectivity index (χ3n) is 7.02. The van der Waals surface area contributed by atoms with Crippen LogP contribution in [0.1, 0.15) is 30.0 Å². The van der Waals surface area contributed by atoms with Gasteiger partial charge in [0.25, 0.3) is 10.0 Å². The molecule has 1 N–H and O–H groups in total. The minimum absolute atomic E-state index is 0.0740. The Kier molecular flexibility index (Phi) is 11.1. The summed E-state index contributed by atoms with van der Waals surface area (Å²) in [6, 6.07) is 31.4. The van der Waals surface area contributed by atoms with Crippen LogP contribution in [0.2, 0.25) is 0 Å². The molecule has 4 rings (SSSR count). The first-order valence-corrected chi connectivity index (χ1v) is 16.4. The predicted octanol–water partition coefficient (Wildman–Crippen LogP) is 6.12. The van der Waals surface area contributed by atoms with Gasteiger partial charge in [-0.05, 0) is 60.9 Å². The van der Waals surface area contributed by atoms with Crippen LogP contribution in [0.15, 0.2) is 119 Å². The molecule has 43 heavy (non-hydrogen) atoms. The van der Waals surface area contributed by atoms with Gasteiger partial charge in [-0.1, -0.05) is 101 Å². The topological polar surface area (TPSA) is 86.8 Å². The molecule has 0 saturated carbocycles. The van der Waals surface area contributed by atoms with Gasteiger partial charge < -0.3 is 10.2 Å². The number of hydrogen-bond acceptors (Lipinski definition) is 4. The Morgan fingerprint density at radius 3 is 1.98 bits per heavy atom. The maximum Gasteiger partial charge on any atom is 0.264 e. The average molecular weight is 663 g/mol. The second-order valence-corrected chi connectivity index (χ2v) is 13.1. The largest absolute Gasteiger partial charge is 0.354 e. The van der Waals surface area contributed by atoms with Crippen LogP contribution in [0.4, 0.5) is 5.69 Å². The maximum absolute atomic E-state index is 14.4. The highest BCUT2D eigenvalue weighted by molar-refractivity contribution is 9.10. The fourth-order valence-electron chi connectivity index (χ4n) is 4.67. The normalized spacial score (nSPS) is 11.9. The molecule has 2 amide bonds. The Balaban J connectivity index is 1.77. The third-order valence-corrected chi connectivity index (χ3v) is 9.34.